The fraction of sp³-hybridized carbons (Fsp3) is 0.200. The summed E-state index contributed by atoms with van der Waals surface area (Å²) in [7, 11) is -4.34. The van der Waals surface area contributed by atoms with E-state index in [-0.39, 0.29) is 17.4 Å². The Bertz CT molecular complexity index is 1210. The van der Waals surface area contributed by atoms with Crippen molar-refractivity contribution in [3.8, 4) is 11.3 Å². The topological polar surface area (TPSA) is 72.0 Å². The van der Waals surface area contributed by atoms with Gasteiger partial charge in [0.25, 0.3) is 10.0 Å². The Morgan fingerprint density at radius 2 is 1.67 bits per heavy atom. The molecule has 0 unspecified atom stereocenters. The van der Waals surface area contributed by atoms with Crippen LogP contribution in [0.3, 0.4) is 0 Å². The number of halogens is 4. The second-order valence-electron chi connectivity index (χ2n) is 6.86. The van der Waals surface area contributed by atoms with Crippen LogP contribution in [-0.4, -0.2) is 18.4 Å². The molecule has 4 rings (SSSR count). The second kappa shape index (κ2) is 7.35. The Morgan fingerprint density at radius 1 is 0.933 bits per heavy atom. The van der Waals surface area contributed by atoms with E-state index in [1.807, 2.05) is 0 Å². The molecular formula is C20H15F4N3O2S. The van der Waals surface area contributed by atoms with Gasteiger partial charge in [-0.2, -0.15) is 26.0 Å². The molecule has 1 N–H and O–H groups in total. The van der Waals surface area contributed by atoms with Crippen molar-refractivity contribution in [3.05, 3.63) is 71.7 Å². The van der Waals surface area contributed by atoms with E-state index in [2.05, 4.69) is 14.7 Å². The zero-order valence-corrected chi connectivity index (χ0v) is 16.1. The minimum atomic E-state index is -4.68. The molecular weight excluding hydrogens is 422 g/mol. The Hall–Kier alpha value is -3.01. The van der Waals surface area contributed by atoms with Gasteiger partial charge in [0.2, 0.25) is 5.95 Å². The first kappa shape index (κ1) is 20.3. The van der Waals surface area contributed by atoms with Crippen molar-refractivity contribution in [1.82, 2.24) is 9.97 Å². The third-order valence-corrected chi connectivity index (χ3v) is 5.89. The van der Waals surface area contributed by atoms with E-state index in [1.165, 1.54) is 6.07 Å². The first-order valence-corrected chi connectivity index (χ1v) is 10.5. The van der Waals surface area contributed by atoms with E-state index in [9.17, 15) is 26.0 Å². The lowest BCUT2D eigenvalue weighted by molar-refractivity contribution is -0.137. The maximum atomic E-state index is 13.6. The molecule has 0 bridgehead atoms. The number of sulfonamides is 1. The van der Waals surface area contributed by atoms with Gasteiger partial charge in [0.15, 0.2) is 5.03 Å². The zero-order chi connectivity index (χ0) is 21.5. The molecule has 10 heteroatoms. The van der Waals surface area contributed by atoms with Gasteiger partial charge in [-0.25, -0.2) is 9.97 Å². The van der Waals surface area contributed by atoms with E-state index in [0.717, 1.165) is 48.7 Å². The summed E-state index contributed by atoms with van der Waals surface area (Å²) in [5.74, 6) is -1.17. The van der Waals surface area contributed by atoms with Gasteiger partial charge in [-0.05, 0) is 48.6 Å². The molecule has 1 aromatic carbocycles. The molecule has 1 aliphatic rings. The van der Waals surface area contributed by atoms with E-state index in [1.54, 1.807) is 18.2 Å². The standard InChI is InChI=1S/C20H15F4N3O2S/c21-16-6-3-7-18(25-16)30(28,29)27-17-11-10-15(20(22,23)24)19(26-17)14-5-2-1-4-13(14)12-8-9-12/h1-7,10-12H,8-9H2,(H,26,27). The van der Waals surface area contributed by atoms with Gasteiger partial charge in [0, 0.05) is 5.56 Å². The molecule has 2 heterocycles. The molecule has 0 aliphatic heterocycles. The summed E-state index contributed by atoms with van der Waals surface area (Å²) in [5, 5.41) is -0.607. The summed E-state index contributed by atoms with van der Waals surface area (Å²) in [4.78, 5) is 7.28. The Balaban J connectivity index is 1.80. The molecule has 156 valence electrons. The number of nitrogens with one attached hydrogen (secondary N) is 1. The van der Waals surface area contributed by atoms with Crippen LogP contribution in [0.4, 0.5) is 23.4 Å². The predicted molar refractivity (Wildman–Crippen MR) is 102 cm³/mol. The third kappa shape index (κ3) is 4.13. The van der Waals surface area contributed by atoms with Gasteiger partial charge in [-0.1, -0.05) is 30.3 Å². The highest BCUT2D eigenvalue weighted by Crippen LogP contribution is 2.46. The van der Waals surface area contributed by atoms with E-state index >= 15 is 0 Å². The van der Waals surface area contributed by atoms with Gasteiger partial charge in [-0.3, -0.25) is 4.72 Å². The summed E-state index contributed by atoms with van der Waals surface area (Å²) in [6.07, 6.45) is -2.94. The van der Waals surface area contributed by atoms with Crippen molar-refractivity contribution in [3.63, 3.8) is 0 Å². The van der Waals surface area contributed by atoms with Gasteiger partial charge >= 0.3 is 6.18 Å². The van der Waals surface area contributed by atoms with Crippen molar-refractivity contribution in [1.29, 1.82) is 0 Å². The monoisotopic (exact) mass is 437 g/mol. The number of hydrogen-bond donors (Lipinski definition) is 1. The predicted octanol–water partition coefficient (Wildman–Crippen LogP) is 4.98. The van der Waals surface area contributed by atoms with E-state index in [4.69, 9.17) is 0 Å². The highest BCUT2D eigenvalue weighted by Gasteiger charge is 2.36. The van der Waals surface area contributed by atoms with Crippen LogP contribution < -0.4 is 4.72 Å². The number of hydrogen-bond acceptors (Lipinski definition) is 4. The van der Waals surface area contributed by atoms with Crippen LogP contribution in [0.5, 0.6) is 0 Å². The SMILES string of the molecule is O=S(=O)(Nc1ccc(C(F)(F)F)c(-c2ccccc2C2CC2)n1)c1cccc(F)n1. The first-order chi connectivity index (χ1) is 14.1. The largest absolute Gasteiger partial charge is 0.418 e. The Morgan fingerprint density at radius 3 is 2.33 bits per heavy atom. The fourth-order valence-corrected chi connectivity index (χ4v) is 4.10. The highest BCUT2D eigenvalue weighted by molar-refractivity contribution is 7.92. The molecule has 0 amide bonds. The quantitative estimate of drug-likeness (QED) is 0.451. The van der Waals surface area contributed by atoms with Crippen molar-refractivity contribution < 1.29 is 26.0 Å². The van der Waals surface area contributed by atoms with Crippen LogP contribution in [0.25, 0.3) is 11.3 Å². The number of rotatable bonds is 5. The number of benzene rings is 1. The van der Waals surface area contributed by atoms with E-state index in [0.29, 0.717) is 5.56 Å². The van der Waals surface area contributed by atoms with Gasteiger partial charge in [0.05, 0.1) is 11.3 Å². The lowest BCUT2D eigenvalue weighted by atomic mass is 9.97. The minimum absolute atomic E-state index is 0.154. The van der Waals surface area contributed by atoms with Crippen LogP contribution in [-0.2, 0) is 16.2 Å². The van der Waals surface area contributed by atoms with Crippen molar-refractivity contribution in [2.45, 2.75) is 30.0 Å². The van der Waals surface area contributed by atoms with Gasteiger partial charge in [0.1, 0.15) is 5.82 Å². The van der Waals surface area contributed by atoms with Crippen LogP contribution >= 0.6 is 0 Å². The second-order valence-corrected chi connectivity index (χ2v) is 8.49. The molecule has 2 aromatic heterocycles. The van der Waals surface area contributed by atoms with Crippen LogP contribution in [0, 0.1) is 5.95 Å². The van der Waals surface area contributed by atoms with Crippen molar-refractivity contribution in [2.24, 2.45) is 0 Å². The molecule has 1 fully saturated rings. The number of anilines is 1. The lowest BCUT2D eigenvalue weighted by Gasteiger charge is -2.16. The fourth-order valence-electron chi connectivity index (χ4n) is 3.14. The molecule has 1 aliphatic carbocycles. The van der Waals surface area contributed by atoms with Gasteiger partial charge in [-0.15, -0.1) is 0 Å². The lowest BCUT2D eigenvalue weighted by Crippen LogP contribution is -2.17. The summed E-state index contributed by atoms with van der Waals surface area (Å²) in [5.41, 5.74) is -0.292. The van der Waals surface area contributed by atoms with Crippen molar-refractivity contribution in [2.75, 3.05) is 4.72 Å². The van der Waals surface area contributed by atoms with Gasteiger partial charge < -0.3 is 0 Å². The van der Waals surface area contributed by atoms with Crippen LogP contribution in [0.1, 0.15) is 29.9 Å². The molecule has 5 nitrogen and oxygen atoms in total. The molecule has 3 aromatic rings. The summed E-state index contributed by atoms with van der Waals surface area (Å²) in [6, 6.07) is 11.5. The van der Waals surface area contributed by atoms with E-state index < -0.39 is 32.7 Å². The average molecular weight is 437 g/mol. The maximum absolute atomic E-state index is 13.6. The van der Waals surface area contributed by atoms with Crippen molar-refractivity contribution >= 4 is 15.8 Å². The number of pyridine rings is 2. The molecule has 30 heavy (non-hydrogen) atoms. The zero-order valence-electron chi connectivity index (χ0n) is 15.3. The molecule has 0 atom stereocenters. The molecule has 0 spiro atoms. The average Bonchev–Trinajstić information content (AvgIpc) is 3.52. The molecule has 1 saturated carbocycles. The molecule has 0 radical (unpaired) electrons. The van der Waals surface area contributed by atoms with Crippen LogP contribution in [0.15, 0.2) is 59.6 Å². The summed E-state index contributed by atoms with van der Waals surface area (Å²) < 4.78 is 81.2. The summed E-state index contributed by atoms with van der Waals surface area (Å²) in [6.45, 7) is 0. The first-order valence-electron chi connectivity index (χ1n) is 8.98. The smallest absolute Gasteiger partial charge is 0.262 e. The number of aromatic nitrogens is 2. The minimum Gasteiger partial charge on any atom is -0.262 e. The Kier molecular flexibility index (Phi) is 4.97. The molecule has 0 saturated heterocycles. The maximum Gasteiger partial charge on any atom is 0.418 e. The normalized spacial score (nSPS) is 14.5. The van der Waals surface area contributed by atoms with Crippen LogP contribution in [0.2, 0.25) is 0 Å². The summed E-state index contributed by atoms with van der Waals surface area (Å²) >= 11 is 0. The highest BCUT2D eigenvalue weighted by atomic mass is 32.2. The number of alkyl halides is 3. The number of nitrogens with zero attached hydrogens (tertiary/aromatic N) is 2. The Labute approximate surface area is 169 Å². The third-order valence-electron chi connectivity index (χ3n) is 4.64.